The Hall–Kier alpha value is -4.38. The van der Waals surface area contributed by atoms with Crippen LogP contribution in [-0.4, -0.2) is 69.4 Å². The zero-order valence-electron chi connectivity index (χ0n) is 26.1. The van der Waals surface area contributed by atoms with Gasteiger partial charge < -0.3 is 29.2 Å². The van der Waals surface area contributed by atoms with E-state index in [-0.39, 0.29) is 23.9 Å². The Morgan fingerprint density at radius 3 is 2.60 bits per heavy atom. The number of hydrogen-bond donors (Lipinski definition) is 1. The van der Waals surface area contributed by atoms with E-state index in [2.05, 4.69) is 15.2 Å². The quantitative estimate of drug-likeness (QED) is 0.239. The third-order valence-electron chi connectivity index (χ3n) is 8.26. The lowest BCUT2D eigenvalue weighted by Gasteiger charge is -2.29. The van der Waals surface area contributed by atoms with Gasteiger partial charge in [0.15, 0.2) is 0 Å². The summed E-state index contributed by atoms with van der Waals surface area (Å²) in [5.74, 6) is 1.65. The summed E-state index contributed by atoms with van der Waals surface area (Å²) in [6.07, 6.45) is 5.43. The van der Waals surface area contributed by atoms with E-state index < -0.39 is 5.60 Å². The first-order valence-corrected chi connectivity index (χ1v) is 15.4. The zero-order chi connectivity index (χ0) is 31.9. The molecule has 1 aliphatic carbocycles. The van der Waals surface area contributed by atoms with E-state index in [0.717, 1.165) is 59.8 Å². The Morgan fingerprint density at radius 2 is 1.91 bits per heavy atom. The summed E-state index contributed by atoms with van der Waals surface area (Å²) in [7, 11) is 3.40. The highest BCUT2D eigenvalue weighted by atomic mass is 35.5. The van der Waals surface area contributed by atoms with Crippen molar-refractivity contribution < 1.29 is 18.7 Å². The van der Waals surface area contributed by atoms with Gasteiger partial charge >= 0.3 is 6.09 Å². The highest BCUT2D eigenvalue weighted by Crippen LogP contribution is 2.42. The van der Waals surface area contributed by atoms with Crippen LogP contribution in [0.3, 0.4) is 0 Å². The molecule has 12 heteroatoms. The Balaban J connectivity index is 1.33. The molecular weight excluding hydrogens is 597 g/mol. The molecule has 236 valence electrons. The summed E-state index contributed by atoms with van der Waals surface area (Å²) < 4.78 is 26.9. The molecule has 6 rings (SSSR count). The molecular formula is C33H37ClFN7O3. The molecule has 10 nitrogen and oxygen atoms in total. The van der Waals surface area contributed by atoms with Crippen molar-refractivity contribution in [2.75, 3.05) is 37.5 Å². The first kappa shape index (κ1) is 30.6. The van der Waals surface area contributed by atoms with Crippen LogP contribution in [0.2, 0.25) is 5.15 Å². The highest BCUT2D eigenvalue weighted by molar-refractivity contribution is 6.29. The van der Waals surface area contributed by atoms with Crippen LogP contribution in [0.4, 0.5) is 26.6 Å². The number of carbonyl (C=O) groups excluding carboxylic acids is 1. The minimum absolute atomic E-state index is 0.00800. The summed E-state index contributed by atoms with van der Waals surface area (Å²) in [6.45, 7) is 6.96. The van der Waals surface area contributed by atoms with E-state index in [9.17, 15) is 9.18 Å². The highest BCUT2D eigenvalue weighted by Gasteiger charge is 2.36. The second-order valence-corrected chi connectivity index (χ2v) is 12.9. The summed E-state index contributed by atoms with van der Waals surface area (Å²) in [5, 5.41) is 3.78. The standard InChI is InChI=1S/C33H37ClFN7O3/c1-33(2,3)45-32(43)40(4)23-14-15-41(17-23)30-25-12-11-24(20-6-8-21(35)9-7-20)29(25)38-31(39-30)37-22-10-13-26(27(16-22)44-5)42-18-28(34)36-19-42/h6-10,13,16,18-19,23-24H,11-12,14-15,17H2,1-5H3,(H,37,38,39). The first-order valence-electron chi connectivity index (χ1n) is 15.0. The van der Waals surface area contributed by atoms with Crippen molar-refractivity contribution in [1.82, 2.24) is 24.4 Å². The lowest BCUT2D eigenvalue weighted by Crippen LogP contribution is -2.42. The van der Waals surface area contributed by atoms with Crippen molar-refractivity contribution >= 4 is 35.1 Å². The van der Waals surface area contributed by atoms with Crippen LogP contribution < -0.4 is 15.0 Å². The van der Waals surface area contributed by atoms with Gasteiger partial charge in [-0.2, -0.15) is 4.98 Å². The predicted molar refractivity (Wildman–Crippen MR) is 172 cm³/mol. The van der Waals surface area contributed by atoms with E-state index in [1.54, 1.807) is 36.1 Å². The number of imidazole rings is 1. The topological polar surface area (TPSA) is 97.6 Å². The molecule has 1 fully saturated rings. The van der Waals surface area contributed by atoms with Gasteiger partial charge in [-0.15, -0.1) is 0 Å². The van der Waals surface area contributed by atoms with E-state index in [0.29, 0.717) is 23.4 Å². The van der Waals surface area contributed by atoms with Crippen molar-refractivity contribution in [2.45, 2.75) is 57.6 Å². The first-order chi connectivity index (χ1) is 21.5. The van der Waals surface area contributed by atoms with Crippen LogP contribution in [0.5, 0.6) is 5.75 Å². The van der Waals surface area contributed by atoms with Crippen LogP contribution in [0.25, 0.3) is 5.69 Å². The number of fused-ring (bicyclic) bond motifs is 1. The van der Waals surface area contributed by atoms with Gasteiger partial charge in [-0.1, -0.05) is 23.7 Å². The van der Waals surface area contributed by atoms with Gasteiger partial charge in [0.25, 0.3) is 0 Å². The average molecular weight is 634 g/mol. The number of aromatic nitrogens is 4. The largest absolute Gasteiger partial charge is 0.494 e. The maximum Gasteiger partial charge on any atom is 0.410 e. The number of carbonyl (C=O) groups is 1. The monoisotopic (exact) mass is 633 g/mol. The number of hydrogen-bond acceptors (Lipinski definition) is 8. The number of halogens is 2. The molecule has 2 unspecified atom stereocenters. The van der Waals surface area contributed by atoms with Crippen molar-refractivity contribution in [3.8, 4) is 11.4 Å². The SMILES string of the molecule is COc1cc(Nc2nc3c(c(N4CCC(N(C)C(=O)OC(C)(C)C)C4)n2)CCC3c2ccc(F)cc2)ccc1-n1cnc(Cl)c1. The molecule has 2 aromatic carbocycles. The Labute approximate surface area is 267 Å². The minimum atomic E-state index is -0.570. The van der Waals surface area contributed by atoms with Crippen LogP contribution in [-0.2, 0) is 11.2 Å². The molecule has 2 atom stereocenters. The predicted octanol–water partition coefficient (Wildman–Crippen LogP) is 6.73. The Bertz CT molecular complexity index is 1710. The van der Waals surface area contributed by atoms with E-state index in [1.807, 2.05) is 51.1 Å². The number of methoxy groups -OCH3 is 1. The average Bonchev–Trinajstić information content (AvgIpc) is 3.76. The number of ether oxygens (including phenoxy) is 2. The number of nitrogens with one attached hydrogen (secondary N) is 1. The maximum atomic E-state index is 13.8. The number of amides is 1. The lowest BCUT2D eigenvalue weighted by atomic mass is 9.97. The molecule has 45 heavy (non-hydrogen) atoms. The molecule has 0 spiro atoms. The third-order valence-corrected chi connectivity index (χ3v) is 8.46. The van der Waals surface area contributed by atoms with Gasteiger partial charge in [-0.25, -0.2) is 19.2 Å². The second kappa shape index (κ2) is 12.2. The van der Waals surface area contributed by atoms with Crippen molar-refractivity contribution in [3.63, 3.8) is 0 Å². The maximum absolute atomic E-state index is 13.8. The van der Waals surface area contributed by atoms with Crippen molar-refractivity contribution in [2.24, 2.45) is 0 Å². The number of anilines is 3. The molecule has 1 amide bonds. The molecule has 3 heterocycles. The van der Waals surface area contributed by atoms with E-state index >= 15 is 0 Å². The third kappa shape index (κ3) is 6.54. The Morgan fingerprint density at radius 1 is 1.13 bits per heavy atom. The second-order valence-electron chi connectivity index (χ2n) is 12.5. The fourth-order valence-electron chi connectivity index (χ4n) is 6.04. The Kier molecular flexibility index (Phi) is 8.30. The lowest BCUT2D eigenvalue weighted by molar-refractivity contribution is 0.0238. The van der Waals surface area contributed by atoms with Gasteiger partial charge in [-0.05, 0) is 69.9 Å². The van der Waals surface area contributed by atoms with Crippen LogP contribution >= 0.6 is 11.6 Å². The number of rotatable bonds is 7. The van der Waals surface area contributed by atoms with Crippen LogP contribution in [0.1, 0.15) is 56.4 Å². The van der Waals surface area contributed by atoms with Gasteiger partial charge in [0.1, 0.15) is 34.5 Å². The fourth-order valence-corrected chi connectivity index (χ4v) is 6.19. The van der Waals surface area contributed by atoms with Crippen LogP contribution in [0.15, 0.2) is 55.0 Å². The van der Waals surface area contributed by atoms with Crippen LogP contribution in [0, 0.1) is 5.82 Å². The molecule has 1 saturated heterocycles. The number of benzene rings is 2. The van der Waals surface area contributed by atoms with Gasteiger partial charge in [0.2, 0.25) is 5.95 Å². The normalized spacial score (nSPS) is 17.7. The minimum Gasteiger partial charge on any atom is -0.494 e. The fraction of sp³-hybridized carbons (Fsp3) is 0.394. The molecule has 0 radical (unpaired) electrons. The number of likely N-dealkylation sites (N-methyl/N-ethyl adjacent to an activating group) is 1. The number of nitrogens with zero attached hydrogens (tertiary/aromatic N) is 6. The molecule has 2 aliphatic rings. The summed E-state index contributed by atoms with van der Waals surface area (Å²) in [5.41, 5.74) is 3.98. The summed E-state index contributed by atoms with van der Waals surface area (Å²) >= 11 is 6.04. The molecule has 1 N–H and O–H groups in total. The van der Waals surface area contributed by atoms with Gasteiger partial charge in [0.05, 0.1) is 24.5 Å². The summed E-state index contributed by atoms with van der Waals surface area (Å²) in [6, 6.07) is 12.3. The molecule has 4 aromatic rings. The summed E-state index contributed by atoms with van der Waals surface area (Å²) in [4.78, 5) is 30.9. The van der Waals surface area contributed by atoms with Crippen molar-refractivity contribution in [3.05, 3.63) is 82.8 Å². The van der Waals surface area contributed by atoms with Gasteiger partial charge in [0, 0.05) is 49.6 Å². The van der Waals surface area contributed by atoms with Crippen molar-refractivity contribution in [1.29, 1.82) is 0 Å². The molecule has 0 bridgehead atoms. The molecule has 2 aromatic heterocycles. The smallest absolute Gasteiger partial charge is 0.410 e. The zero-order valence-corrected chi connectivity index (χ0v) is 26.8. The molecule has 0 saturated carbocycles. The van der Waals surface area contributed by atoms with E-state index in [4.69, 9.17) is 31.0 Å². The van der Waals surface area contributed by atoms with Gasteiger partial charge in [-0.3, -0.25) is 0 Å². The van der Waals surface area contributed by atoms with E-state index in [1.165, 1.54) is 12.1 Å². The molecule has 1 aliphatic heterocycles.